The van der Waals surface area contributed by atoms with Crippen LogP contribution in [0.2, 0.25) is 5.02 Å². The molecule has 0 saturated heterocycles. The summed E-state index contributed by atoms with van der Waals surface area (Å²) in [7, 11) is 0. The molecular weight excluding hydrogens is 362 g/mol. The Balaban J connectivity index is 1.65. The minimum absolute atomic E-state index is 0.187. The molecule has 0 spiro atoms. The van der Waals surface area contributed by atoms with Gasteiger partial charge in [0.05, 0.1) is 16.6 Å². The Hall–Kier alpha value is -2.99. The minimum atomic E-state index is -0.187. The van der Waals surface area contributed by atoms with Gasteiger partial charge in [0.2, 0.25) is 0 Å². The third kappa shape index (κ3) is 3.36. The summed E-state index contributed by atoms with van der Waals surface area (Å²) in [6.45, 7) is 5.88. The van der Waals surface area contributed by atoms with Crippen molar-refractivity contribution in [3.05, 3.63) is 80.2 Å². The van der Waals surface area contributed by atoms with Gasteiger partial charge in [-0.2, -0.15) is 5.10 Å². The SMILES string of the molecule is Cc1cn(-c2ccc(Cc3nc4c(C)cc(Cl)cc4c(=O)[nH]3)cn2)nc1C. The highest BCUT2D eigenvalue weighted by Gasteiger charge is 2.09. The summed E-state index contributed by atoms with van der Waals surface area (Å²) < 4.78 is 1.76. The lowest BCUT2D eigenvalue weighted by Crippen LogP contribution is -2.13. The van der Waals surface area contributed by atoms with E-state index in [0.717, 1.165) is 28.2 Å². The van der Waals surface area contributed by atoms with Crippen molar-refractivity contribution < 1.29 is 0 Å². The van der Waals surface area contributed by atoms with Crippen LogP contribution >= 0.6 is 11.6 Å². The monoisotopic (exact) mass is 379 g/mol. The molecule has 0 radical (unpaired) electrons. The molecule has 0 amide bonds. The lowest BCUT2D eigenvalue weighted by atomic mass is 10.1. The molecule has 136 valence electrons. The fourth-order valence-corrected chi connectivity index (χ4v) is 3.29. The van der Waals surface area contributed by atoms with Crippen LogP contribution in [-0.2, 0) is 6.42 Å². The second-order valence-electron chi connectivity index (χ2n) is 6.67. The van der Waals surface area contributed by atoms with Gasteiger partial charge in [-0.05, 0) is 55.7 Å². The normalized spacial score (nSPS) is 11.3. The van der Waals surface area contributed by atoms with Crippen molar-refractivity contribution >= 4 is 22.5 Å². The number of fused-ring (bicyclic) bond motifs is 1. The molecule has 0 aliphatic heterocycles. The van der Waals surface area contributed by atoms with Crippen molar-refractivity contribution in [1.29, 1.82) is 0 Å². The van der Waals surface area contributed by atoms with Crippen LogP contribution in [0.15, 0.2) is 41.5 Å². The van der Waals surface area contributed by atoms with Gasteiger partial charge in [0.15, 0.2) is 5.82 Å². The summed E-state index contributed by atoms with van der Waals surface area (Å²) in [5.41, 5.74) is 4.41. The predicted octanol–water partition coefficient (Wildman–Crippen LogP) is 3.67. The number of aromatic amines is 1. The minimum Gasteiger partial charge on any atom is -0.310 e. The molecule has 0 aliphatic rings. The Morgan fingerprint density at radius 3 is 2.63 bits per heavy atom. The van der Waals surface area contributed by atoms with Gasteiger partial charge < -0.3 is 4.98 Å². The molecule has 1 aromatic carbocycles. The maximum atomic E-state index is 12.4. The van der Waals surface area contributed by atoms with Gasteiger partial charge in [0, 0.05) is 23.8 Å². The Labute approximate surface area is 160 Å². The van der Waals surface area contributed by atoms with Gasteiger partial charge in [0.1, 0.15) is 5.82 Å². The highest BCUT2D eigenvalue weighted by molar-refractivity contribution is 6.31. The fourth-order valence-electron chi connectivity index (χ4n) is 3.02. The lowest BCUT2D eigenvalue weighted by molar-refractivity contribution is 0.828. The van der Waals surface area contributed by atoms with Crippen molar-refractivity contribution in [1.82, 2.24) is 24.7 Å². The number of H-pyrrole nitrogens is 1. The number of halogens is 1. The van der Waals surface area contributed by atoms with E-state index in [1.807, 2.05) is 45.2 Å². The summed E-state index contributed by atoms with van der Waals surface area (Å²) in [5, 5.41) is 5.47. The number of nitrogens with one attached hydrogen (secondary N) is 1. The van der Waals surface area contributed by atoms with Crippen LogP contribution in [-0.4, -0.2) is 24.7 Å². The Morgan fingerprint density at radius 2 is 1.96 bits per heavy atom. The Morgan fingerprint density at radius 1 is 1.15 bits per heavy atom. The van der Waals surface area contributed by atoms with E-state index < -0.39 is 0 Å². The lowest BCUT2D eigenvalue weighted by Gasteiger charge is -2.07. The number of nitrogens with zero attached hydrogens (tertiary/aromatic N) is 4. The second kappa shape index (κ2) is 6.63. The summed E-state index contributed by atoms with van der Waals surface area (Å²) in [6, 6.07) is 7.33. The Bertz CT molecular complexity index is 1190. The fraction of sp³-hybridized carbons (Fsp3) is 0.200. The molecule has 27 heavy (non-hydrogen) atoms. The molecule has 0 saturated carbocycles. The molecule has 0 fully saturated rings. The molecule has 3 aromatic heterocycles. The molecule has 1 N–H and O–H groups in total. The first kappa shape index (κ1) is 17.4. The van der Waals surface area contributed by atoms with E-state index in [0.29, 0.717) is 28.2 Å². The molecule has 0 unspecified atom stereocenters. The number of benzene rings is 1. The highest BCUT2D eigenvalue weighted by Crippen LogP contribution is 2.20. The summed E-state index contributed by atoms with van der Waals surface area (Å²) in [6.07, 6.45) is 4.21. The maximum absolute atomic E-state index is 12.4. The van der Waals surface area contributed by atoms with Gasteiger partial charge in [-0.25, -0.2) is 14.6 Å². The topological polar surface area (TPSA) is 76.5 Å². The first-order chi connectivity index (χ1) is 12.9. The molecule has 4 aromatic rings. The number of aromatic nitrogens is 5. The summed E-state index contributed by atoms with van der Waals surface area (Å²) in [5.74, 6) is 1.35. The third-order valence-electron chi connectivity index (χ3n) is 4.57. The number of hydrogen-bond acceptors (Lipinski definition) is 4. The molecule has 3 heterocycles. The molecule has 0 aliphatic carbocycles. The third-order valence-corrected chi connectivity index (χ3v) is 4.79. The zero-order chi connectivity index (χ0) is 19.1. The first-order valence-electron chi connectivity index (χ1n) is 8.58. The van der Waals surface area contributed by atoms with Crippen LogP contribution in [0.1, 0.15) is 28.2 Å². The predicted molar refractivity (Wildman–Crippen MR) is 106 cm³/mol. The molecule has 0 bridgehead atoms. The van der Waals surface area contributed by atoms with Crippen molar-refractivity contribution in [3.8, 4) is 5.82 Å². The van der Waals surface area contributed by atoms with Gasteiger partial charge in [-0.1, -0.05) is 17.7 Å². The summed E-state index contributed by atoms with van der Waals surface area (Å²) >= 11 is 6.05. The van der Waals surface area contributed by atoms with Crippen LogP contribution < -0.4 is 5.56 Å². The van der Waals surface area contributed by atoms with Crippen molar-refractivity contribution in [2.45, 2.75) is 27.2 Å². The van der Waals surface area contributed by atoms with Crippen LogP contribution in [0, 0.1) is 20.8 Å². The van der Waals surface area contributed by atoms with Crippen molar-refractivity contribution in [2.75, 3.05) is 0 Å². The number of hydrogen-bond donors (Lipinski definition) is 1. The van der Waals surface area contributed by atoms with E-state index in [2.05, 4.69) is 20.1 Å². The van der Waals surface area contributed by atoms with Gasteiger partial charge >= 0.3 is 0 Å². The van der Waals surface area contributed by atoms with E-state index in [-0.39, 0.29) is 5.56 Å². The van der Waals surface area contributed by atoms with Crippen molar-refractivity contribution in [3.63, 3.8) is 0 Å². The molecular formula is C20H18ClN5O. The average Bonchev–Trinajstić information content (AvgIpc) is 2.96. The number of rotatable bonds is 3. The summed E-state index contributed by atoms with van der Waals surface area (Å²) in [4.78, 5) is 24.3. The standard InChI is InChI=1S/C20H18ClN5O/c1-11-6-15(21)8-16-19(11)23-17(24-20(16)27)7-14-4-5-18(22-9-14)26-10-12(2)13(3)25-26/h4-6,8-10H,7H2,1-3H3,(H,23,24,27). The number of pyridine rings is 1. The van der Waals surface area contributed by atoms with E-state index in [4.69, 9.17) is 11.6 Å². The van der Waals surface area contributed by atoms with Crippen LogP contribution in [0.3, 0.4) is 0 Å². The van der Waals surface area contributed by atoms with Gasteiger partial charge in [-0.15, -0.1) is 0 Å². The largest absolute Gasteiger partial charge is 0.310 e. The van der Waals surface area contributed by atoms with E-state index in [9.17, 15) is 4.79 Å². The maximum Gasteiger partial charge on any atom is 0.258 e. The number of aryl methyl sites for hydroxylation is 3. The van der Waals surface area contributed by atoms with E-state index in [1.165, 1.54) is 0 Å². The molecule has 0 atom stereocenters. The zero-order valence-electron chi connectivity index (χ0n) is 15.2. The first-order valence-corrected chi connectivity index (χ1v) is 8.96. The van der Waals surface area contributed by atoms with E-state index >= 15 is 0 Å². The highest BCUT2D eigenvalue weighted by atomic mass is 35.5. The molecule has 6 nitrogen and oxygen atoms in total. The van der Waals surface area contributed by atoms with Crippen molar-refractivity contribution in [2.24, 2.45) is 0 Å². The molecule has 7 heteroatoms. The van der Waals surface area contributed by atoms with Crippen LogP contribution in [0.5, 0.6) is 0 Å². The van der Waals surface area contributed by atoms with E-state index in [1.54, 1.807) is 16.9 Å². The Kier molecular flexibility index (Phi) is 4.28. The van der Waals surface area contributed by atoms with Crippen LogP contribution in [0.4, 0.5) is 0 Å². The average molecular weight is 380 g/mol. The quantitative estimate of drug-likeness (QED) is 0.589. The smallest absolute Gasteiger partial charge is 0.258 e. The van der Waals surface area contributed by atoms with Gasteiger partial charge in [0.25, 0.3) is 5.56 Å². The van der Waals surface area contributed by atoms with Gasteiger partial charge in [-0.3, -0.25) is 4.79 Å². The zero-order valence-corrected chi connectivity index (χ0v) is 16.0. The van der Waals surface area contributed by atoms with Crippen LogP contribution in [0.25, 0.3) is 16.7 Å². The second-order valence-corrected chi connectivity index (χ2v) is 7.11. The molecule has 4 rings (SSSR count).